The first-order valence-corrected chi connectivity index (χ1v) is 25.1. The highest BCUT2D eigenvalue weighted by atomic mass is 31.2. The Morgan fingerprint density at radius 2 is 1.02 bits per heavy atom. The van der Waals surface area contributed by atoms with Gasteiger partial charge in [-0.2, -0.15) is 0 Å². The fourth-order valence-electron chi connectivity index (χ4n) is 6.26. The van der Waals surface area contributed by atoms with E-state index >= 15 is 0 Å². The topological polar surface area (TPSA) is 227 Å². The van der Waals surface area contributed by atoms with E-state index in [-0.39, 0.29) is 18.6 Å². The summed E-state index contributed by atoms with van der Waals surface area (Å²) in [5.41, 5.74) is 0. The van der Waals surface area contributed by atoms with Gasteiger partial charge >= 0.3 is 19.8 Å². The molecule has 0 bridgehead atoms. The molecule has 1 saturated carbocycles. The number of rotatable bonds is 37. The minimum atomic E-state index is -5.17. The first-order chi connectivity index (χ1) is 31.8. The Labute approximate surface area is 393 Å². The number of aliphatic hydroxyl groups excluding tert-OH is 5. The Hall–Kier alpha value is -3.82. The molecule has 1 fully saturated rings. The van der Waals surface area contributed by atoms with Crippen LogP contribution < -0.4 is 0 Å². The quantitative estimate of drug-likeness (QED) is 0.00855. The molecule has 0 aromatic carbocycles. The second-order valence-corrected chi connectivity index (χ2v) is 17.3. The largest absolute Gasteiger partial charge is 0.472 e. The number of aliphatic hydroxyl groups is 5. The number of phosphoric ester groups is 1. The predicted molar refractivity (Wildman–Crippen MR) is 258 cm³/mol. The fourth-order valence-corrected chi connectivity index (χ4v) is 7.23. The molecule has 0 aromatic rings. The van der Waals surface area contributed by atoms with Crippen LogP contribution in [0.4, 0.5) is 0 Å². The molecule has 14 nitrogen and oxygen atoms in total. The van der Waals surface area contributed by atoms with Crippen LogP contribution in [0.5, 0.6) is 0 Å². The van der Waals surface area contributed by atoms with E-state index in [2.05, 4.69) is 74.6 Å². The van der Waals surface area contributed by atoms with Crippen LogP contribution in [0.1, 0.15) is 136 Å². The summed E-state index contributed by atoms with van der Waals surface area (Å²) < 4.78 is 33.4. The fraction of sp³-hybridized carbons (Fsp3) is 0.588. The number of ether oxygens (including phenoxy) is 2. The van der Waals surface area contributed by atoms with Crippen LogP contribution in [0.15, 0.2) is 109 Å². The summed E-state index contributed by atoms with van der Waals surface area (Å²) in [4.78, 5) is 47.5. The third-order valence-electron chi connectivity index (χ3n) is 10.1. The van der Waals surface area contributed by atoms with Crippen molar-refractivity contribution in [1.29, 1.82) is 0 Å². The summed E-state index contributed by atoms with van der Waals surface area (Å²) in [6, 6.07) is 0. The third-order valence-corrected chi connectivity index (χ3v) is 11.1. The van der Waals surface area contributed by atoms with Gasteiger partial charge in [-0.05, 0) is 89.5 Å². The zero-order valence-electron chi connectivity index (χ0n) is 39.2. The number of allylic oxidation sites excluding steroid dienone is 18. The minimum absolute atomic E-state index is 0.0201. The summed E-state index contributed by atoms with van der Waals surface area (Å²) in [5, 5.41) is 50.2. The van der Waals surface area contributed by atoms with Crippen molar-refractivity contribution in [3.05, 3.63) is 109 Å². The molecule has 0 saturated heterocycles. The SMILES string of the molecule is CC/C=C\C/C=C\C/C=C\C/C=C\C/C=C\CCCCCC(=O)OC[C@H](COP(=O)(O)OC1[C@H](O)[C@H](O)C(O)[C@H](O)[C@H]1O)OC(=O)CCC/C=C\C/C=C\C/C=C\C=C\C(=O)CCCCC. The number of phosphoric acid groups is 1. The van der Waals surface area contributed by atoms with Crippen LogP contribution >= 0.6 is 7.82 Å². The highest BCUT2D eigenvalue weighted by molar-refractivity contribution is 7.47. The number of hydrogen-bond acceptors (Lipinski definition) is 13. The van der Waals surface area contributed by atoms with Crippen LogP contribution in [0.3, 0.4) is 0 Å². The Balaban J connectivity index is 2.54. The Morgan fingerprint density at radius 1 is 0.530 bits per heavy atom. The Bertz CT molecular complexity index is 1630. The highest BCUT2D eigenvalue weighted by Crippen LogP contribution is 2.47. The molecule has 372 valence electrons. The second-order valence-electron chi connectivity index (χ2n) is 15.9. The Kier molecular flexibility index (Phi) is 35.8. The number of carbonyl (C=O) groups excluding carboxylic acids is 3. The summed E-state index contributed by atoms with van der Waals surface area (Å²) in [6.45, 7) is 2.93. The van der Waals surface area contributed by atoms with Gasteiger partial charge in [0.1, 0.15) is 43.2 Å². The standard InChI is InChI=1S/C51H79O14P/c1-3-5-7-8-9-10-11-12-13-14-15-16-17-18-21-24-27-30-34-38-44(53)62-40-43(41-63-66(60,61)65-51-49(58)47(56)46(55)48(57)50(51)59)64-45(54)39-35-31-28-25-22-19-20-23-26-29-33-37-42(52)36-32-6-4-2/h5,7,9-10,12-13,15-16,18-21,25-26,28-29,33,37,43,46-51,55-59H,3-4,6,8,11,14,17,22-24,27,30-32,34-36,38-41H2,1-2H3,(H,60,61)/b7-5-,10-9-,13-12-,16-15-,20-19-,21-18-,28-25-,29-26-,37-33+/t43-,46?,47-,48+,49-,50-,51?/m1/s1. The molecule has 8 atom stereocenters. The van der Waals surface area contributed by atoms with Crippen LogP contribution in [0.25, 0.3) is 0 Å². The average Bonchev–Trinajstić information content (AvgIpc) is 3.29. The Morgan fingerprint density at radius 3 is 1.58 bits per heavy atom. The summed E-state index contributed by atoms with van der Waals surface area (Å²) in [5.74, 6) is -1.12. The van der Waals surface area contributed by atoms with E-state index in [0.717, 1.165) is 77.0 Å². The lowest BCUT2D eigenvalue weighted by Gasteiger charge is -2.41. The van der Waals surface area contributed by atoms with Gasteiger partial charge in [0.15, 0.2) is 11.9 Å². The molecule has 1 rings (SSSR count). The molecule has 1 aliphatic carbocycles. The average molecular weight is 947 g/mol. The predicted octanol–water partition coefficient (Wildman–Crippen LogP) is 8.79. The van der Waals surface area contributed by atoms with Crippen LogP contribution in [0.2, 0.25) is 0 Å². The molecule has 66 heavy (non-hydrogen) atoms. The third kappa shape index (κ3) is 31.2. The smallest absolute Gasteiger partial charge is 0.462 e. The molecule has 0 radical (unpaired) electrons. The van der Waals surface area contributed by atoms with Crippen molar-refractivity contribution < 1.29 is 67.9 Å². The van der Waals surface area contributed by atoms with Crippen LogP contribution in [-0.2, 0) is 37.5 Å². The number of carbonyl (C=O) groups is 3. The molecular weight excluding hydrogens is 868 g/mol. The summed E-state index contributed by atoms with van der Waals surface area (Å²) >= 11 is 0. The molecule has 0 amide bonds. The number of esters is 2. The molecule has 1 aliphatic rings. The van der Waals surface area contributed by atoms with Gasteiger partial charge < -0.3 is 39.9 Å². The van der Waals surface area contributed by atoms with E-state index in [1.165, 1.54) is 0 Å². The molecule has 0 heterocycles. The molecular formula is C51H79O14P. The van der Waals surface area contributed by atoms with E-state index < -0.39 is 75.7 Å². The van der Waals surface area contributed by atoms with Crippen LogP contribution in [-0.4, -0.2) is 104 Å². The van der Waals surface area contributed by atoms with E-state index in [0.29, 0.717) is 32.1 Å². The van der Waals surface area contributed by atoms with Crippen molar-refractivity contribution in [1.82, 2.24) is 0 Å². The van der Waals surface area contributed by atoms with Gasteiger partial charge in [-0.3, -0.25) is 23.4 Å². The first kappa shape index (κ1) is 60.2. The lowest BCUT2D eigenvalue weighted by atomic mass is 9.85. The molecule has 3 unspecified atom stereocenters. The maximum atomic E-state index is 12.8. The van der Waals surface area contributed by atoms with Gasteiger partial charge in [-0.15, -0.1) is 0 Å². The van der Waals surface area contributed by atoms with Crippen molar-refractivity contribution in [3.63, 3.8) is 0 Å². The second kappa shape index (κ2) is 39.2. The normalized spacial score (nSPS) is 22.2. The number of hydrogen-bond donors (Lipinski definition) is 6. The van der Waals surface area contributed by atoms with Gasteiger partial charge in [0.25, 0.3) is 0 Å². The minimum Gasteiger partial charge on any atom is -0.462 e. The molecule has 15 heteroatoms. The van der Waals surface area contributed by atoms with Crippen molar-refractivity contribution in [3.8, 4) is 0 Å². The first-order valence-electron chi connectivity index (χ1n) is 23.6. The molecule has 6 N–H and O–H groups in total. The maximum absolute atomic E-state index is 12.8. The van der Waals surface area contributed by atoms with Gasteiger partial charge in [-0.1, -0.05) is 136 Å². The highest BCUT2D eigenvalue weighted by Gasteiger charge is 2.51. The van der Waals surface area contributed by atoms with Gasteiger partial charge in [0, 0.05) is 19.3 Å². The number of ketones is 1. The molecule has 0 spiro atoms. The van der Waals surface area contributed by atoms with E-state index in [4.69, 9.17) is 18.5 Å². The molecule has 0 aliphatic heterocycles. The van der Waals surface area contributed by atoms with E-state index in [1.807, 2.05) is 36.5 Å². The number of unbranched alkanes of at least 4 members (excludes halogenated alkanes) is 6. The van der Waals surface area contributed by atoms with Crippen LogP contribution in [0, 0.1) is 0 Å². The lowest BCUT2D eigenvalue weighted by molar-refractivity contribution is -0.220. The maximum Gasteiger partial charge on any atom is 0.472 e. The van der Waals surface area contributed by atoms with Gasteiger partial charge in [0.2, 0.25) is 0 Å². The summed E-state index contributed by atoms with van der Waals surface area (Å²) in [7, 11) is -5.17. The molecule has 0 aromatic heterocycles. The zero-order valence-corrected chi connectivity index (χ0v) is 40.1. The van der Waals surface area contributed by atoms with Crippen molar-refractivity contribution in [2.24, 2.45) is 0 Å². The van der Waals surface area contributed by atoms with E-state index in [9.17, 15) is 49.4 Å². The van der Waals surface area contributed by atoms with Gasteiger partial charge in [0.05, 0.1) is 6.61 Å². The van der Waals surface area contributed by atoms with E-state index in [1.54, 1.807) is 12.2 Å². The zero-order chi connectivity index (χ0) is 48.7. The van der Waals surface area contributed by atoms with Crippen molar-refractivity contribution >= 4 is 25.5 Å². The monoisotopic (exact) mass is 947 g/mol. The summed E-state index contributed by atoms with van der Waals surface area (Å²) in [6.07, 6.45) is 36.9. The van der Waals surface area contributed by atoms with Crippen molar-refractivity contribution in [2.45, 2.75) is 179 Å². The lowest BCUT2D eigenvalue weighted by Crippen LogP contribution is -2.64. The van der Waals surface area contributed by atoms with Crippen molar-refractivity contribution in [2.75, 3.05) is 13.2 Å². The van der Waals surface area contributed by atoms with Gasteiger partial charge in [-0.25, -0.2) is 4.57 Å².